The van der Waals surface area contributed by atoms with Crippen LogP contribution in [0.4, 0.5) is 18.3 Å². The van der Waals surface area contributed by atoms with E-state index in [1.54, 1.807) is 17.6 Å². The Bertz CT molecular complexity index is 785. The topological polar surface area (TPSA) is 78.7 Å². The van der Waals surface area contributed by atoms with Crippen molar-refractivity contribution in [3.8, 4) is 6.07 Å². The number of thioether (sulfide) groups is 1. The Labute approximate surface area is 150 Å². The highest BCUT2D eigenvalue weighted by molar-refractivity contribution is 7.99. The minimum atomic E-state index is -4.61. The van der Waals surface area contributed by atoms with E-state index in [0.29, 0.717) is 17.3 Å². The van der Waals surface area contributed by atoms with Crippen LogP contribution in [0.3, 0.4) is 0 Å². The summed E-state index contributed by atoms with van der Waals surface area (Å²) >= 11 is 2.34. The Balaban J connectivity index is 1.95. The molecule has 0 aromatic carbocycles. The number of carbonyl (C=O) groups is 1. The largest absolute Gasteiger partial charge is 0.417 e. The quantitative estimate of drug-likeness (QED) is 0.593. The van der Waals surface area contributed by atoms with Gasteiger partial charge in [0, 0.05) is 29.4 Å². The molecule has 0 aliphatic rings. The summed E-state index contributed by atoms with van der Waals surface area (Å²) in [5, 5.41) is 14.0. The van der Waals surface area contributed by atoms with Crippen LogP contribution in [-0.2, 0) is 11.0 Å². The zero-order chi connectivity index (χ0) is 18.4. The van der Waals surface area contributed by atoms with Crippen LogP contribution in [-0.4, -0.2) is 21.6 Å². The molecule has 0 unspecified atom stereocenters. The fraction of sp³-hybridized carbons (Fsp3) is 0.333. The van der Waals surface area contributed by atoms with Gasteiger partial charge in [0.25, 0.3) is 0 Å². The third-order valence-electron chi connectivity index (χ3n) is 3.00. The third kappa shape index (κ3) is 5.44. The molecule has 2 aromatic rings. The first kappa shape index (κ1) is 19.2. The number of aromatic nitrogens is 2. The molecule has 0 saturated heterocycles. The summed E-state index contributed by atoms with van der Waals surface area (Å²) in [4.78, 5) is 19.7. The second kappa shape index (κ2) is 8.31. The number of amides is 1. The van der Waals surface area contributed by atoms with Crippen LogP contribution in [0.15, 0.2) is 22.7 Å². The summed E-state index contributed by atoms with van der Waals surface area (Å²) in [6, 6.07) is 2.45. The molecule has 2 rings (SSSR count). The number of anilines is 1. The molecule has 0 aliphatic carbocycles. The molecule has 25 heavy (non-hydrogen) atoms. The number of pyridine rings is 1. The van der Waals surface area contributed by atoms with Crippen molar-refractivity contribution in [3.05, 3.63) is 34.5 Å². The minimum Gasteiger partial charge on any atom is -0.302 e. The second-order valence-electron chi connectivity index (χ2n) is 4.94. The van der Waals surface area contributed by atoms with Gasteiger partial charge in [0.05, 0.1) is 11.1 Å². The molecule has 2 aromatic heterocycles. The maximum atomic E-state index is 13.0. The van der Waals surface area contributed by atoms with E-state index in [4.69, 9.17) is 5.26 Å². The molecule has 1 N–H and O–H groups in total. The zero-order valence-corrected chi connectivity index (χ0v) is 14.7. The van der Waals surface area contributed by atoms with Crippen molar-refractivity contribution in [1.82, 2.24) is 9.97 Å². The predicted octanol–water partition coefficient (Wildman–Crippen LogP) is 4.25. The van der Waals surface area contributed by atoms with Crippen LogP contribution in [0.25, 0.3) is 0 Å². The smallest absolute Gasteiger partial charge is 0.302 e. The van der Waals surface area contributed by atoms with Gasteiger partial charge in [0.15, 0.2) is 5.13 Å². The SMILES string of the molecule is Cc1cc(C(F)(F)F)c(C#N)c(SCCCC(=O)Nc2nccs2)n1. The first-order valence-corrected chi connectivity index (χ1v) is 8.99. The summed E-state index contributed by atoms with van der Waals surface area (Å²) in [7, 11) is 0. The number of thiazole rings is 1. The number of nitrogens with zero attached hydrogens (tertiary/aromatic N) is 3. The van der Waals surface area contributed by atoms with Crippen molar-refractivity contribution < 1.29 is 18.0 Å². The van der Waals surface area contributed by atoms with E-state index < -0.39 is 17.3 Å². The van der Waals surface area contributed by atoms with Crippen LogP contribution < -0.4 is 5.32 Å². The zero-order valence-electron chi connectivity index (χ0n) is 13.1. The lowest BCUT2D eigenvalue weighted by Gasteiger charge is -2.12. The molecule has 132 valence electrons. The molecule has 10 heteroatoms. The minimum absolute atomic E-state index is 0.0372. The van der Waals surface area contributed by atoms with Gasteiger partial charge in [-0.1, -0.05) is 0 Å². The van der Waals surface area contributed by atoms with E-state index in [1.807, 2.05) is 0 Å². The van der Waals surface area contributed by atoms with Gasteiger partial charge in [-0.05, 0) is 19.4 Å². The first-order chi connectivity index (χ1) is 11.8. The first-order valence-electron chi connectivity index (χ1n) is 7.12. The highest BCUT2D eigenvalue weighted by atomic mass is 32.2. The molecule has 1 amide bonds. The van der Waals surface area contributed by atoms with Crippen molar-refractivity contribution in [3.63, 3.8) is 0 Å². The Kier molecular flexibility index (Phi) is 6.39. The number of carbonyl (C=O) groups excluding carboxylic acids is 1. The molecule has 2 heterocycles. The number of alkyl halides is 3. The summed E-state index contributed by atoms with van der Waals surface area (Å²) < 4.78 is 39.1. The highest BCUT2D eigenvalue weighted by Crippen LogP contribution is 2.36. The van der Waals surface area contributed by atoms with Crippen LogP contribution >= 0.6 is 23.1 Å². The molecule has 0 fully saturated rings. The third-order valence-corrected chi connectivity index (χ3v) is 4.75. The van der Waals surface area contributed by atoms with Crippen molar-refractivity contribution in [2.24, 2.45) is 0 Å². The fourth-order valence-electron chi connectivity index (χ4n) is 1.95. The van der Waals surface area contributed by atoms with Crippen molar-refractivity contribution in [1.29, 1.82) is 5.26 Å². The van der Waals surface area contributed by atoms with Gasteiger partial charge in [-0.25, -0.2) is 9.97 Å². The number of hydrogen-bond donors (Lipinski definition) is 1. The molecule has 0 spiro atoms. The van der Waals surface area contributed by atoms with E-state index in [-0.39, 0.29) is 23.0 Å². The van der Waals surface area contributed by atoms with Gasteiger partial charge >= 0.3 is 6.18 Å². The summed E-state index contributed by atoms with van der Waals surface area (Å²) in [6.45, 7) is 1.45. The van der Waals surface area contributed by atoms with E-state index in [1.165, 1.54) is 18.3 Å². The van der Waals surface area contributed by atoms with E-state index >= 15 is 0 Å². The average Bonchev–Trinajstić information content (AvgIpc) is 3.03. The van der Waals surface area contributed by atoms with Gasteiger partial charge in [0.2, 0.25) is 5.91 Å². The molecule has 0 radical (unpaired) electrons. The predicted molar refractivity (Wildman–Crippen MR) is 89.4 cm³/mol. The monoisotopic (exact) mass is 386 g/mol. The lowest BCUT2D eigenvalue weighted by molar-refractivity contribution is -0.138. The number of rotatable bonds is 6. The van der Waals surface area contributed by atoms with Crippen LogP contribution in [0.1, 0.15) is 29.7 Å². The second-order valence-corrected chi connectivity index (χ2v) is 6.92. The van der Waals surface area contributed by atoms with E-state index in [0.717, 1.165) is 17.8 Å². The van der Waals surface area contributed by atoms with Gasteiger partial charge in [-0.2, -0.15) is 18.4 Å². The Morgan fingerprint density at radius 2 is 2.24 bits per heavy atom. The van der Waals surface area contributed by atoms with E-state index in [2.05, 4.69) is 15.3 Å². The van der Waals surface area contributed by atoms with Crippen LogP contribution in [0.5, 0.6) is 0 Å². The lowest BCUT2D eigenvalue weighted by atomic mass is 10.1. The van der Waals surface area contributed by atoms with Gasteiger partial charge in [-0.15, -0.1) is 23.1 Å². The lowest BCUT2D eigenvalue weighted by Crippen LogP contribution is -2.12. The van der Waals surface area contributed by atoms with Gasteiger partial charge in [-0.3, -0.25) is 4.79 Å². The van der Waals surface area contributed by atoms with Gasteiger partial charge < -0.3 is 5.32 Å². The van der Waals surface area contributed by atoms with Gasteiger partial charge in [0.1, 0.15) is 11.1 Å². The summed E-state index contributed by atoms with van der Waals surface area (Å²) in [5.74, 6) is 0.150. The Morgan fingerprint density at radius 1 is 1.48 bits per heavy atom. The standard InChI is InChI=1S/C15H13F3N4OS2/c1-9-7-11(15(16,17)18)10(8-19)13(21-9)24-5-2-3-12(23)22-14-20-4-6-25-14/h4,6-7H,2-3,5H2,1H3,(H,20,22,23). The van der Waals surface area contributed by atoms with Crippen molar-refractivity contribution in [2.75, 3.05) is 11.1 Å². The highest BCUT2D eigenvalue weighted by Gasteiger charge is 2.35. The Hall–Kier alpha value is -2.12. The number of halogens is 3. The van der Waals surface area contributed by atoms with Crippen LogP contribution in [0, 0.1) is 18.3 Å². The summed E-state index contributed by atoms with van der Waals surface area (Å²) in [6.07, 6.45) is -2.40. The fourth-order valence-corrected chi connectivity index (χ4v) is 3.48. The molecule has 0 aliphatic heterocycles. The normalized spacial score (nSPS) is 11.2. The maximum Gasteiger partial charge on any atom is 0.417 e. The van der Waals surface area contributed by atoms with E-state index in [9.17, 15) is 18.0 Å². The molecular weight excluding hydrogens is 373 g/mol. The molecular formula is C15H13F3N4OS2. The van der Waals surface area contributed by atoms with Crippen molar-refractivity contribution in [2.45, 2.75) is 31.0 Å². The molecule has 0 saturated carbocycles. The molecule has 0 bridgehead atoms. The number of nitriles is 1. The maximum absolute atomic E-state index is 13.0. The van der Waals surface area contributed by atoms with Crippen molar-refractivity contribution >= 4 is 34.1 Å². The Morgan fingerprint density at radius 3 is 2.84 bits per heavy atom. The number of nitrogens with one attached hydrogen (secondary N) is 1. The van der Waals surface area contributed by atoms with Crippen LogP contribution in [0.2, 0.25) is 0 Å². The molecule has 0 atom stereocenters. The molecule has 5 nitrogen and oxygen atoms in total. The summed E-state index contributed by atoms with van der Waals surface area (Å²) in [5.41, 5.74) is -1.27. The average molecular weight is 386 g/mol. The number of aryl methyl sites for hydroxylation is 1. The number of hydrogen-bond acceptors (Lipinski definition) is 6.